The first kappa shape index (κ1) is 13.2. The number of hydrogen-bond acceptors (Lipinski definition) is 3. The smallest absolute Gasteiger partial charge is 0.402 e. The number of fused-ring (bicyclic) bond motifs is 1. The largest absolute Gasteiger partial charge is 0.480 e. The molecule has 3 rings (SSSR count). The van der Waals surface area contributed by atoms with E-state index in [9.17, 15) is 0 Å². The van der Waals surface area contributed by atoms with Gasteiger partial charge in [0.25, 0.3) is 0 Å². The summed E-state index contributed by atoms with van der Waals surface area (Å²) in [5.74, 6) is 0.131. The van der Waals surface area contributed by atoms with Crippen molar-refractivity contribution in [3.8, 4) is 0 Å². The predicted molar refractivity (Wildman–Crippen MR) is 77.0 cm³/mol. The van der Waals surface area contributed by atoms with E-state index in [1.165, 1.54) is 11.1 Å². The van der Waals surface area contributed by atoms with Gasteiger partial charge in [0, 0.05) is 0 Å². The maximum atomic E-state index is 6.18. The Labute approximate surface area is 115 Å². The van der Waals surface area contributed by atoms with Gasteiger partial charge in [0.15, 0.2) is 0 Å². The van der Waals surface area contributed by atoms with E-state index in [4.69, 9.17) is 9.31 Å². The molecule has 3 nitrogen and oxygen atoms in total. The van der Waals surface area contributed by atoms with Gasteiger partial charge in [-0.3, -0.25) is 0 Å². The molecule has 1 aromatic carbocycles. The highest BCUT2D eigenvalue weighted by Gasteiger charge is 2.54. The summed E-state index contributed by atoms with van der Waals surface area (Å²) < 4.78 is 12.4. The molecule has 0 spiro atoms. The summed E-state index contributed by atoms with van der Waals surface area (Å²) in [6.07, 6.45) is 1.08. The average molecular weight is 259 g/mol. The van der Waals surface area contributed by atoms with Gasteiger partial charge in [0.2, 0.25) is 0 Å². The summed E-state index contributed by atoms with van der Waals surface area (Å²) in [6.45, 7) is 9.37. The van der Waals surface area contributed by atoms with Crippen LogP contribution in [0.1, 0.15) is 44.8 Å². The molecule has 1 unspecified atom stereocenters. The zero-order valence-electron chi connectivity index (χ0n) is 12.2. The third-order valence-corrected chi connectivity index (χ3v) is 4.69. The molecule has 1 N–H and O–H groups in total. The summed E-state index contributed by atoms with van der Waals surface area (Å²) in [7, 11) is -0.216. The van der Waals surface area contributed by atoms with E-state index >= 15 is 0 Å². The fraction of sp³-hybridized carbons (Fsp3) is 0.600. The molecule has 2 heterocycles. The Morgan fingerprint density at radius 2 is 1.74 bits per heavy atom. The van der Waals surface area contributed by atoms with Crippen molar-refractivity contribution in [2.45, 2.75) is 51.3 Å². The van der Waals surface area contributed by atoms with Crippen LogP contribution in [0, 0.1) is 0 Å². The maximum absolute atomic E-state index is 6.18. The maximum Gasteiger partial charge on any atom is 0.480 e. The second kappa shape index (κ2) is 4.34. The van der Waals surface area contributed by atoms with E-state index < -0.39 is 0 Å². The Hall–Kier alpha value is -0.835. The van der Waals surface area contributed by atoms with Crippen molar-refractivity contribution in [2.75, 3.05) is 6.54 Å². The lowest BCUT2D eigenvalue weighted by Crippen LogP contribution is -2.42. The minimum atomic E-state index is -0.272. The lowest BCUT2D eigenvalue weighted by Gasteiger charge is -2.32. The van der Waals surface area contributed by atoms with Crippen molar-refractivity contribution in [1.82, 2.24) is 5.32 Å². The van der Waals surface area contributed by atoms with Gasteiger partial charge in [-0.15, -0.1) is 0 Å². The number of rotatable bonds is 1. The monoisotopic (exact) mass is 259 g/mol. The van der Waals surface area contributed by atoms with Crippen LogP contribution >= 0.6 is 0 Å². The highest BCUT2D eigenvalue weighted by molar-refractivity contribution is 6.47. The summed E-state index contributed by atoms with van der Waals surface area (Å²) in [6, 6.07) is 8.57. The van der Waals surface area contributed by atoms with Crippen molar-refractivity contribution in [3.63, 3.8) is 0 Å². The lowest BCUT2D eigenvalue weighted by molar-refractivity contribution is 0.00578. The third kappa shape index (κ3) is 2.12. The number of hydrogen-bond donors (Lipinski definition) is 1. The molecule has 1 saturated heterocycles. The molecule has 0 aliphatic carbocycles. The van der Waals surface area contributed by atoms with Crippen LogP contribution in [0.15, 0.2) is 24.3 Å². The molecule has 102 valence electrons. The van der Waals surface area contributed by atoms with E-state index in [1.807, 2.05) is 0 Å². The molecule has 0 amide bonds. The molecule has 0 radical (unpaired) electrons. The van der Waals surface area contributed by atoms with E-state index in [0.717, 1.165) is 13.0 Å². The molecule has 19 heavy (non-hydrogen) atoms. The molecule has 0 saturated carbocycles. The Bertz CT molecular complexity index is 471. The Morgan fingerprint density at radius 3 is 2.42 bits per heavy atom. The van der Waals surface area contributed by atoms with Gasteiger partial charge in [-0.1, -0.05) is 24.3 Å². The van der Waals surface area contributed by atoms with Gasteiger partial charge in [0.1, 0.15) is 0 Å². The molecule has 1 aromatic rings. The number of benzene rings is 1. The van der Waals surface area contributed by atoms with Crippen LogP contribution < -0.4 is 5.32 Å². The van der Waals surface area contributed by atoms with Crippen LogP contribution in [-0.2, 0) is 15.7 Å². The van der Waals surface area contributed by atoms with Crippen LogP contribution in [0.2, 0.25) is 0 Å². The summed E-state index contributed by atoms with van der Waals surface area (Å²) in [4.78, 5) is 0. The third-order valence-electron chi connectivity index (χ3n) is 4.69. The Balaban J connectivity index is 1.90. The van der Waals surface area contributed by atoms with Gasteiger partial charge < -0.3 is 14.6 Å². The SMILES string of the molecule is CC1(C)OB(C2NCCc3ccccc32)OC1(C)C. The first-order valence-corrected chi connectivity index (χ1v) is 7.07. The van der Waals surface area contributed by atoms with E-state index in [2.05, 4.69) is 57.3 Å². The molecular formula is C15H22BNO2. The van der Waals surface area contributed by atoms with Gasteiger partial charge in [-0.25, -0.2) is 0 Å². The minimum Gasteiger partial charge on any atom is -0.402 e. The van der Waals surface area contributed by atoms with Gasteiger partial charge in [-0.05, 0) is 51.8 Å². The molecule has 0 bridgehead atoms. The van der Waals surface area contributed by atoms with Crippen LogP contribution in [0.3, 0.4) is 0 Å². The van der Waals surface area contributed by atoms with Gasteiger partial charge >= 0.3 is 7.12 Å². The van der Waals surface area contributed by atoms with Crippen LogP contribution in [0.5, 0.6) is 0 Å². The zero-order chi connectivity index (χ0) is 13.7. The quantitative estimate of drug-likeness (QED) is 0.786. The number of nitrogens with one attached hydrogen (secondary N) is 1. The fourth-order valence-electron chi connectivity index (χ4n) is 2.81. The molecule has 4 heteroatoms. The van der Waals surface area contributed by atoms with Crippen LogP contribution in [-0.4, -0.2) is 24.9 Å². The van der Waals surface area contributed by atoms with Crippen molar-refractivity contribution in [2.24, 2.45) is 0 Å². The molecule has 0 aromatic heterocycles. The molecular weight excluding hydrogens is 237 g/mol. The molecule has 1 atom stereocenters. The second-order valence-electron chi connectivity index (χ2n) is 6.51. The Morgan fingerprint density at radius 1 is 1.11 bits per heavy atom. The lowest BCUT2D eigenvalue weighted by atomic mass is 9.71. The zero-order valence-corrected chi connectivity index (χ0v) is 12.2. The first-order chi connectivity index (χ1) is 8.91. The van der Waals surface area contributed by atoms with Gasteiger partial charge in [-0.2, -0.15) is 0 Å². The van der Waals surface area contributed by atoms with Crippen molar-refractivity contribution in [3.05, 3.63) is 35.4 Å². The highest BCUT2D eigenvalue weighted by Crippen LogP contribution is 2.41. The predicted octanol–water partition coefficient (Wildman–Crippen LogP) is 2.50. The second-order valence-corrected chi connectivity index (χ2v) is 6.51. The summed E-state index contributed by atoms with van der Waals surface area (Å²) >= 11 is 0. The standard InChI is InChI=1S/C15H22BNO2/c1-14(2)15(3,4)19-16(18-14)13-12-8-6-5-7-11(12)9-10-17-13/h5-8,13,17H,9-10H2,1-4H3. The molecule has 1 fully saturated rings. The van der Waals surface area contributed by atoms with E-state index in [0.29, 0.717) is 0 Å². The minimum absolute atomic E-state index is 0.131. The van der Waals surface area contributed by atoms with E-state index in [1.54, 1.807) is 0 Å². The van der Waals surface area contributed by atoms with Crippen molar-refractivity contribution in [1.29, 1.82) is 0 Å². The van der Waals surface area contributed by atoms with Crippen molar-refractivity contribution < 1.29 is 9.31 Å². The normalized spacial score (nSPS) is 28.2. The molecule has 2 aliphatic heterocycles. The Kier molecular flexibility index (Phi) is 3.00. The topological polar surface area (TPSA) is 30.5 Å². The average Bonchev–Trinajstić information content (AvgIpc) is 2.58. The highest BCUT2D eigenvalue weighted by atomic mass is 16.7. The molecule has 2 aliphatic rings. The van der Waals surface area contributed by atoms with E-state index in [-0.39, 0.29) is 24.3 Å². The van der Waals surface area contributed by atoms with Crippen molar-refractivity contribution >= 4 is 7.12 Å². The fourth-order valence-corrected chi connectivity index (χ4v) is 2.81. The van der Waals surface area contributed by atoms with Crippen LogP contribution in [0.4, 0.5) is 0 Å². The summed E-state index contributed by atoms with van der Waals surface area (Å²) in [5.41, 5.74) is 2.17. The summed E-state index contributed by atoms with van der Waals surface area (Å²) in [5, 5.41) is 3.54. The first-order valence-electron chi connectivity index (χ1n) is 7.07. The van der Waals surface area contributed by atoms with Crippen LogP contribution in [0.25, 0.3) is 0 Å². The van der Waals surface area contributed by atoms with Gasteiger partial charge in [0.05, 0.1) is 17.1 Å².